The average Bonchev–Trinajstić information content (AvgIpc) is 2.31. The standard InChI is InChI=1S/C13H28N4O/c1-9(2)11(5)17-13(14-6)16-8-7-15-12(18)10(3)4/h9-11H,7-8H2,1-6H3,(H,15,18)(H2,14,16,17). The minimum Gasteiger partial charge on any atom is -0.355 e. The fourth-order valence-electron chi connectivity index (χ4n) is 1.15. The zero-order valence-electron chi connectivity index (χ0n) is 12.5. The number of aliphatic imine (C=N–C) groups is 1. The summed E-state index contributed by atoms with van der Waals surface area (Å²) in [6.45, 7) is 11.5. The van der Waals surface area contributed by atoms with E-state index in [1.807, 2.05) is 13.8 Å². The molecule has 0 aliphatic rings. The number of guanidine groups is 1. The largest absolute Gasteiger partial charge is 0.355 e. The van der Waals surface area contributed by atoms with Gasteiger partial charge >= 0.3 is 0 Å². The molecule has 0 aromatic rings. The fourth-order valence-corrected chi connectivity index (χ4v) is 1.15. The molecule has 0 saturated carbocycles. The van der Waals surface area contributed by atoms with Gasteiger partial charge in [0.1, 0.15) is 0 Å². The molecule has 106 valence electrons. The number of hydrogen-bond acceptors (Lipinski definition) is 2. The van der Waals surface area contributed by atoms with Crippen molar-refractivity contribution in [3.8, 4) is 0 Å². The highest BCUT2D eigenvalue weighted by molar-refractivity contribution is 5.80. The normalized spacial score (nSPS) is 13.7. The van der Waals surface area contributed by atoms with Crippen LogP contribution in [0, 0.1) is 11.8 Å². The number of carbonyl (C=O) groups is 1. The zero-order valence-corrected chi connectivity index (χ0v) is 12.5. The van der Waals surface area contributed by atoms with Gasteiger partial charge in [0.05, 0.1) is 0 Å². The SMILES string of the molecule is CN=C(NCCNC(=O)C(C)C)NC(C)C(C)C. The Balaban J connectivity index is 3.86. The van der Waals surface area contributed by atoms with Crippen molar-refractivity contribution in [1.29, 1.82) is 0 Å². The van der Waals surface area contributed by atoms with Gasteiger partial charge in [0.25, 0.3) is 0 Å². The van der Waals surface area contributed by atoms with E-state index in [0.717, 1.165) is 5.96 Å². The van der Waals surface area contributed by atoms with Crippen LogP contribution in [0.15, 0.2) is 4.99 Å². The van der Waals surface area contributed by atoms with E-state index in [4.69, 9.17) is 0 Å². The summed E-state index contributed by atoms with van der Waals surface area (Å²) in [4.78, 5) is 15.5. The van der Waals surface area contributed by atoms with Gasteiger partial charge in [-0.1, -0.05) is 27.7 Å². The summed E-state index contributed by atoms with van der Waals surface area (Å²) in [6.07, 6.45) is 0. The van der Waals surface area contributed by atoms with Gasteiger partial charge < -0.3 is 16.0 Å². The molecule has 0 aliphatic carbocycles. The van der Waals surface area contributed by atoms with Gasteiger partial charge in [0.2, 0.25) is 5.91 Å². The van der Waals surface area contributed by atoms with Crippen LogP contribution in [0.25, 0.3) is 0 Å². The lowest BCUT2D eigenvalue weighted by atomic mass is 10.1. The Hall–Kier alpha value is -1.26. The lowest BCUT2D eigenvalue weighted by Gasteiger charge is -2.20. The van der Waals surface area contributed by atoms with Gasteiger partial charge in [-0.2, -0.15) is 0 Å². The van der Waals surface area contributed by atoms with Crippen LogP contribution in [0.3, 0.4) is 0 Å². The van der Waals surface area contributed by atoms with E-state index in [-0.39, 0.29) is 11.8 Å². The lowest BCUT2D eigenvalue weighted by Crippen LogP contribution is -2.46. The van der Waals surface area contributed by atoms with Crippen molar-refractivity contribution in [1.82, 2.24) is 16.0 Å². The number of nitrogens with one attached hydrogen (secondary N) is 3. The quantitative estimate of drug-likeness (QED) is 0.377. The Bertz CT molecular complexity index is 274. The molecule has 0 rings (SSSR count). The van der Waals surface area contributed by atoms with Gasteiger partial charge in [-0.15, -0.1) is 0 Å². The van der Waals surface area contributed by atoms with Gasteiger partial charge in [0.15, 0.2) is 5.96 Å². The van der Waals surface area contributed by atoms with Crippen molar-refractivity contribution in [3.63, 3.8) is 0 Å². The Labute approximate surface area is 111 Å². The average molecular weight is 256 g/mol. The van der Waals surface area contributed by atoms with E-state index in [1.54, 1.807) is 7.05 Å². The lowest BCUT2D eigenvalue weighted by molar-refractivity contribution is -0.123. The van der Waals surface area contributed by atoms with Crippen molar-refractivity contribution < 1.29 is 4.79 Å². The van der Waals surface area contributed by atoms with E-state index >= 15 is 0 Å². The highest BCUT2D eigenvalue weighted by Gasteiger charge is 2.09. The highest BCUT2D eigenvalue weighted by atomic mass is 16.1. The Morgan fingerprint density at radius 1 is 1.06 bits per heavy atom. The van der Waals surface area contributed by atoms with Gasteiger partial charge in [-0.3, -0.25) is 9.79 Å². The van der Waals surface area contributed by atoms with E-state index in [1.165, 1.54) is 0 Å². The van der Waals surface area contributed by atoms with E-state index < -0.39 is 0 Å². The van der Waals surface area contributed by atoms with Crippen LogP contribution in [-0.2, 0) is 4.79 Å². The van der Waals surface area contributed by atoms with Crippen LogP contribution in [0.4, 0.5) is 0 Å². The van der Waals surface area contributed by atoms with Crippen LogP contribution < -0.4 is 16.0 Å². The molecule has 0 radical (unpaired) electrons. The van der Waals surface area contributed by atoms with Crippen molar-refractivity contribution in [2.24, 2.45) is 16.8 Å². The second kappa shape index (κ2) is 8.78. The highest BCUT2D eigenvalue weighted by Crippen LogP contribution is 1.98. The number of rotatable bonds is 6. The van der Waals surface area contributed by atoms with Crippen LogP contribution >= 0.6 is 0 Å². The first-order valence-corrected chi connectivity index (χ1v) is 6.63. The molecule has 0 aromatic carbocycles. The van der Waals surface area contributed by atoms with Crippen LogP contribution in [-0.4, -0.2) is 38.0 Å². The molecule has 0 aliphatic heterocycles. The number of amides is 1. The van der Waals surface area contributed by atoms with Crippen LogP contribution in [0.2, 0.25) is 0 Å². The van der Waals surface area contributed by atoms with E-state index in [0.29, 0.717) is 25.0 Å². The first kappa shape index (κ1) is 16.7. The van der Waals surface area contributed by atoms with Crippen molar-refractivity contribution >= 4 is 11.9 Å². The minimum absolute atomic E-state index is 0.0309. The molecule has 5 nitrogen and oxygen atoms in total. The predicted octanol–water partition coefficient (Wildman–Crippen LogP) is 0.968. The summed E-state index contributed by atoms with van der Waals surface area (Å²) in [6, 6.07) is 0.362. The summed E-state index contributed by atoms with van der Waals surface area (Å²) < 4.78 is 0. The number of nitrogens with zero attached hydrogens (tertiary/aromatic N) is 1. The molecular formula is C13H28N4O. The molecule has 1 amide bonds. The molecule has 0 saturated heterocycles. The van der Waals surface area contributed by atoms with E-state index in [2.05, 4.69) is 41.7 Å². The summed E-state index contributed by atoms with van der Waals surface area (Å²) in [7, 11) is 1.75. The molecule has 1 unspecified atom stereocenters. The Morgan fingerprint density at radius 2 is 1.61 bits per heavy atom. The van der Waals surface area contributed by atoms with Crippen LogP contribution in [0.5, 0.6) is 0 Å². The third-order valence-electron chi connectivity index (χ3n) is 2.83. The first-order valence-electron chi connectivity index (χ1n) is 6.63. The monoisotopic (exact) mass is 256 g/mol. The van der Waals surface area contributed by atoms with Crippen molar-refractivity contribution in [2.45, 2.75) is 40.7 Å². The smallest absolute Gasteiger partial charge is 0.222 e. The van der Waals surface area contributed by atoms with Crippen LogP contribution in [0.1, 0.15) is 34.6 Å². The van der Waals surface area contributed by atoms with Gasteiger partial charge in [0, 0.05) is 32.1 Å². The Kier molecular flexibility index (Phi) is 8.16. The molecule has 18 heavy (non-hydrogen) atoms. The predicted molar refractivity (Wildman–Crippen MR) is 76.6 cm³/mol. The molecule has 1 atom stereocenters. The summed E-state index contributed by atoms with van der Waals surface area (Å²) in [5.41, 5.74) is 0. The molecule has 0 heterocycles. The molecule has 5 heteroatoms. The maximum Gasteiger partial charge on any atom is 0.222 e. The second-order valence-corrected chi connectivity index (χ2v) is 5.12. The fraction of sp³-hybridized carbons (Fsp3) is 0.846. The topological polar surface area (TPSA) is 65.5 Å². The first-order chi connectivity index (χ1) is 8.38. The molecule has 0 spiro atoms. The van der Waals surface area contributed by atoms with Crippen molar-refractivity contribution in [3.05, 3.63) is 0 Å². The third-order valence-corrected chi connectivity index (χ3v) is 2.83. The minimum atomic E-state index is 0.0309. The zero-order chi connectivity index (χ0) is 14.1. The molecule has 3 N–H and O–H groups in total. The maximum absolute atomic E-state index is 11.3. The molecule has 0 aromatic heterocycles. The van der Waals surface area contributed by atoms with Crippen molar-refractivity contribution in [2.75, 3.05) is 20.1 Å². The molecule has 0 fully saturated rings. The maximum atomic E-state index is 11.3. The second-order valence-electron chi connectivity index (χ2n) is 5.12. The third kappa shape index (κ3) is 7.14. The Morgan fingerprint density at radius 3 is 2.06 bits per heavy atom. The summed E-state index contributed by atoms with van der Waals surface area (Å²) in [5.74, 6) is 1.43. The summed E-state index contributed by atoms with van der Waals surface area (Å²) in [5, 5.41) is 9.33. The van der Waals surface area contributed by atoms with E-state index in [9.17, 15) is 4.79 Å². The number of hydrogen-bond donors (Lipinski definition) is 3. The summed E-state index contributed by atoms with van der Waals surface area (Å²) >= 11 is 0. The van der Waals surface area contributed by atoms with Gasteiger partial charge in [-0.05, 0) is 12.8 Å². The number of carbonyl (C=O) groups excluding carboxylic acids is 1. The molecular weight excluding hydrogens is 228 g/mol. The molecule has 0 bridgehead atoms. The van der Waals surface area contributed by atoms with Gasteiger partial charge in [-0.25, -0.2) is 0 Å².